The molecule has 1 aliphatic heterocycles. The van der Waals surface area contributed by atoms with Crippen LogP contribution in [0, 0.1) is 0 Å². The Morgan fingerprint density at radius 3 is 3.16 bits per heavy atom. The van der Waals surface area contributed by atoms with Crippen molar-refractivity contribution in [2.45, 2.75) is 25.9 Å². The molecule has 0 spiro atoms. The molecule has 0 amide bonds. The van der Waals surface area contributed by atoms with E-state index >= 15 is 0 Å². The molecule has 1 unspecified atom stereocenters. The molecule has 1 atom stereocenters. The minimum atomic E-state index is 0.374. The lowest BCUT2D eigenvalue weighted by molar-refractivity contribution is 0.0762. The van der Waals surface area contributed by atoms with Gasteiger partial charge in [-0.2, -0.15) is 0 Å². The second kappa shape index (κ2) is 5.61. The van der Waals surface area contributed by atoms with Crippen LogP contribution in [-0.4, -0.2) is 35.4 Å². The molecule has 102 valence electrons. The Hall–Kier alpha value is -0.910. The zero-order chi connectivity index (χ0) is 13.2. The molecule has 0 radical (unpaired) electrons. The Kier molecular flexibility index (Phi) is 3.86. The zero-order valence-electron chi connectivity index (χ0n) is 11.0. The van der Waals surface area contributed by atoms with Gasteiger partial charge in [-0.15, -0.1) is 0 Å². The van der Waals surface area contributed by atoms with Gasteiger partial charge < -0.3 is 14.6 Å². The second-order valence-electron chi connectivity index (χ2n) is 4.84. The smallest absolute Gasteiger partial charge is 0.111 e. The highest BCUT2D eigenvalue weighted by Crippen LogP contribution is 2.21. The molecule has 1 N–H and O–H groups in total. The molecule has 0 aliphatic carbocycles. The van der Waals surface area contributed by atoms with Crippen LogP contribution in [-0.2, 0) is 17.7 Å². The fourth-order valence-corrected chi connectivity index (χ4v) is 2.98. The van der Waals surface area contributed by atoms with E-state index in [0.717, 1.165) is 48.5 Å². The largest absolute Gasteiger partial charge is 0.379 e. The average Bonchev–Trinajstić information content (AvgIpc) is 2.76. The Morgan fingerprint density at radius 1 is 1.53 bits per heavy atom. The maximum Gasteiger partial charge on any atom is 0.111 e. The first-order chi connectivity index (χ1) is 9.28. The molecule has 1 saturated heterocycles. The van der Waals surface area contributed by atoms with Gasteiger partial charge in [-0.25, -0.2) is 4.98 Å². The molecule has 2 aromatic rings. The van der Waals surface area contributed by atoms with E-state index in [1.54, 1.807) is 0 Å². The lowest BCUT2D eigenvalue weighted by Crippen LogP contribution is -2.43. The first-order valence-electron chi connectivity index (χ1n) is 6.73. The number of nitrogens with zero attached hydrogens (tertiary/aromatic N) is 2. The molecular weight excluding hydrogens is 306 g/mol. The number of aromatic nitrogens is 2. The topological polar surface area (TPSA) is 39.1 Å². The minimum Gasteiger partial charge on any atom is -0.379 e. The monoisotopic (exact) mass is 323 g/mol. The van der Waals surface area contributed by atoms with Crippen LogP contribution in [0.5, 0.6) is 0 Å². The number of imidazole rings is 1. The Bertz CT molecular complexity index is 575. The lowest BCUT2D eigenvalue weighted by Gasteiger charge is -2.23. The molecule has 1 aliphatic rings. The van der Waals surface area contributed by atoms with Crippen molar-refractivity contribution < 1.29 is 4.74 Å². The molecule has 1 aromatic carbocycles. The van der Waals surface area contributed by atoms with Gasteiger partial charge in [-0.1, -0.05) is 15.9 Å². The third-order valence-corrected chi connectivity index (χ3v) is 4.03. The number of halogens is 1. The van der Waals surface area contributed by atoms with Crippen molar-refractivity contribution in [3.8, 4) is 0 Å². The van der Waals surface area contributed by atoms with Crippen LogP contribution in [0.25, 0.3) is 11.0 Å². The van der Waals surface area contributed by atoms with Gasteiger partial charge in [-0.05, 0) is 25.1 Å². The number of morpholine rings is 1. The third kappa shape index (κ3) is 2.68. The summed E-state index contributed by atoms with van der Waals surface area (Å²) in [6, 6.07) is 6.65. The zero-order valence-corrected chi connectivity index (χ0v) is 12.6. The Morgan fingerprint density at radius 2 is 2.42 bits per heavy atom. The number of ether oxygens (including phenoxy) is 1. The van der Waals surface area contributed by atoms with E-state index in [2.05, 4.69) is 50.9 Å². The summed E-state index contributed by atoms with van der Waals surface area (Å²) in [7, 11) is 0. The van der Waals surface area contributed by atoms with Gasteiger partial charge in [0.15, 0.2) is 0 Å². The van der Waals surface area contributed by atoms with Crippen molar-refractivity contribution >= 4 is 27.0 Å². The van der Waals surface area contributed by atoms with E-state index in [9.17, 15) is 0 Å². The van der Waals surface area contributed by atoms with Crippen molar-refractivity contribution in [3.63, 3.8) is 0 Å². The summed E-state index contributed by atoms with van der Waals surface area (Å²) in [5.41, 5.74) is 2.26. The molecule has 1 fully saturated rings. The van der Waals surface area contributed by atoms with Crippen LogP contribution in [0.1, 0.15) is 12.7 Å². The summed E-state index contributed by atoms with van der Waals surface area (Å²) in [6.45, 7) is 5.63. The number of aryl methyl sites for hydroxylation is 1. The number of fused-ring (bicyclic) bond motifs is 1. The molecule has 1 aromatic heterocycles. The SMILES string of the molecule is CCn1c(CC2COCCN2)nc2cc(Br)ccc21. The number of nitrogens with one attached hydrogen (secondary N) is 1. The van der Waals surface area contributed by atoms with Crippen LogP contribution >= 0.6 is 15.9 Å². The quantitative estimate of drug-likeness (QED) is 0.942. The number of hydrogen-bond acceptors (Lipinski definition) is 3. The van der Waals surface area contributed by atoms with Crippen LogP contribution in [0.3, 0.4) is 0 Å². The fourth-order valence-electron chi connectivity index (χ4n) is 2.63. The van der Waals surface area contributed by atoms with Crippen LogP contribution in [0.4, 0.5) is 0 Å². The highest BCUT2D eigenvalue weighted by atomic mass is 79.9. The number of benzene rings is 1. The van der Waals surface area contributed by atoms with Crippen LogP contribution < -0.4 is 5.32 Å². The van der Waals surface area contributed by atoms with Gasteiger partial charge in [0.1, 0.15) is 5.82 Å². The summed E-state index contributed by atoms with van der Waals surface area (Å²) in [6.07, 6.45) is 0.917. The van der Waals surface area contributed by atoms with Crippen molar-refractivity contribution in [1.82, 2.24) is 14.9 Å². The van der Waals surface area contributed by atoms with Crippen molar-refractivity contribution in [2.75, 3.05) is 19.8 Å². The van der Waals surface area contributed by atoms with Gasteiger partial charge in [0.2, 0.25) is 0 Å². The van der Waals surface area contributed by atoms with Gasteiger partial charge in [-0.3, -0.25) is 0 Å². The molecule has 2 heterocycles. The average molecular weight is 324 g/mol. The molecular formula is C14H18BrN3O. The predicted octanol–water partition coefficient (Wildman–Crippen LogP) is 2.35. The number of rotatable bonds is 3. The highest BCUT2D eigenvalue weighted by molar-refractivity contribution is 9.10. The minimum absolute atomic E-state index is 0.374. The normalized spacial score (nSPS) is 20.0. The van der Waals surface area contributed by atoms with E-state index in [4.69, 9.17) is 9.72 Å². The molecule has 5 heteroatoms. The molecule has 0 saturated carbocycles. The fraction of sp³-hybridized carbons (Fsp3) is 0.500. The standard InChI is InChI=1S/C14H18BrN3O/c1-2-18-13-4-3-10(15)7-12(13)17-14(18)8-11-9-19-6-5-16-11/h3-4,7,11,16H,2,5-6,8-9H2,1H3. The number of hydrogen-bond donors (Lipinski definition) is 1. The van der Waals surface area contributed by atoms with Crippen molar-refractivity contribution in [2.24, 2.45) is 0 Å². The molecule has 0 bridgehead atoms. The molecule has 3 rings (SSSR count). The van der Waals surface area contributed by atoms with Crippen molar-refractivity contribution in [1.29, 1.82) is 0 Å². The lowest BCUT2D eigenvalue weighted by atomic mass is 10.2. The maximum absolute atomic E-state index is 5.51. The summed E-state index contributed by atoms with van der Waals surface area (Å²) in [5, 5.41) is 3.49. The van der Waals surface area contributed by atoms with Crippen molar-refractivity contribution in [3.05, 3.63) is 28.5 Å². The predicted molar refractivity (Wildman–Crippen MR) is 79.4 cm³/mol. The summed E-state index contributed by atoms with van der Waals surface area (Å²) in [5.74, 6) is 1.14. The van der Waals surface area contributed by atoms with E-state index in [1.165, 1.54) is 5.52 Å². The second-order valence-corrected chi connectivity index (χ2v) is 5.75. The third-order valence-electron chi connectivity index (χ3n) is 3.53. The first kappa shape index (κ1) is 13.1. The molecule has 19 heavy (non-hydrogen) atoms. The summed E-state index contributed by atoms with van der Waals surface area (Å²) < 4.78 is 8.88. The summed E-state index contributed by atoms with van der Waals surface area (Å²) >= 11 is 3.51. The molecule has 4 nitrogen and oxygen atoms in total. The van der Waals surface area contributed by atoms with E-state index in [1.807, 2.05) is 0 Å². The van der Waals surface area contributed by atoms with Gasteiger partial charge >= 0.3 is 0 Å². The van der Waals surface area contributed by atoms with E-state index in [0.29, 0.717) is 6.04 Å². The summed E-state index contributed by atoms with van der Waals surface area (Å²) in [4.78, 5) is 4.78. The van der Waals surface area contributed by atoms with Gasteiger partial charge in [0, 0.05) is 30.0 Å². The van der Waals surface area contributed by atoms with Gasteiger partial charge in [0.05, 0.1) is 24.2 Å². The van der Waals surface area contributed by atoms with Gasteiger partial charge in [0.25, 0.3) is 0 Å². The first-order valence-corrected chi connectivity index (χ1v) is 7.53. The van der Waals surface area contributed by atoms with Crippen LogP contribution in [0.2, 0.25) is 0 Å². The Balaban J connectivity index is 1.93. The van der Waals surface area contributed by atoms with E-state index < -0.39 is 0 Å². The Labute approximate surface area is 121 Å². The maximum atomic E-state index is 5.51. The highest BCUT2D eigenvalue weighted by Gasteiger charge is 2.18. The van der Waals surface area contributed by atoms with Crippen LogP contribution in [0.15, 0.2) is 22.7 Å². The van der Waals surface area contributed by atoms with E-state index in [-0.39, 0.29) is 0 Å².